The summed E-state index contributed by atoms with van der Waals surface area (Å²) in [4.78, 5) is 0. The maximum Gasteiger partial charge on any atom is 0.165 e. The van der Waals surface area contributed by atoms with Gasteiger partial charge in [-0.1, -0.05) is 13.3 Å². The van der Waals surface area contributed by atoms with Gasteiger partial charge in [-0.05, 0) is 30.2 Å². The first-order chi connectivity index (χ1) is 7.27. The molecule has 0 saturated carbocycles. The summed E-state index contributed by atoms with van der Waals surface area (Å²) in [5.41, 5.74) is 0.623. The van der Waals surface area contributed by atoms with Crippen LogP contribution in [0.4, 0.5) is 4.39 Å². The lowest BCUT2D eigenvalue weighted by molar-refractivity contribution is 0.294. The molecule has 0 aliphatic rings. The van der Waals surface area contributed by atoms with Crippen molar-refractivity contribution in [2.45, 2.75) is 19.8 Å². The lowest BCUT2D eigenvalue weighted by Crippen LogP contribution is -1.99. The van der Waals surface area contributed by atoms with Gasteiger partial charge >= 0.3 is 0 Å². The van der Waals surface area contributed by atoms with E-state index in [2.05, 4.69) is 12.0 Å². The number of nitrogens with zero attached hydrogens (tertiary/aromatic N) is 1. The van der Waals surface area contributed by atoms with Crippen molar-refractivity contribution in [2.24, 2.45) is 10.9 Å². The number of halogens is 1. The fraction of sp³-hybridized carbons (Fsp3) is 0.364. The van der Waals surface area contributed by atoms with Crippen molar-refractivity contribution >= 4 is 6.21 Å². The summed E-state index contributed by atoms with van der Waals surface area (Å²) in [5, 5.41) is 3.32. The molecule has 0 atom stereocenters. The van der Waals surface area contributed by atoms with Crippen LogP contribution in [-0.2, 0) is 0 Å². The second-order valence-corrected chi connectivity index (χ2v) is 3.17. The van der Waals surface area contributed by atoms with Gasteiger partial charge in [0.05, 0.1) is 12.8 Å². The van der Waals surface area contributed by atoms with Gasteiger partial charge in [0.15, 0.2) is 11.6 Å². The maximum atomic E-state index is 13.4. The van der Waals surface area contributed by atoms with Crippen molar-refractivity contribution in [3.63, 3.8) is 0 Å². The zero-order valence-electron chi connectivity index (χ0n) is 8.74. The van der Waals surface area contributed by atoms with E-state index in [4.69, 9.17) is 10.6 Å². The fourth-order valence-electron chi connectivity index (χ4n) is 1.13. The van der Waals surface area contributed by atoms with Crippen LogP contribution in [-0.4, -0.2) is 12.8 Å². The molecule has 15 heavy (non-hydrogen) atoms. The second-order valence-electron chi connectivity index (χ2n) is 3.17. The van der Waals surface area contributed by atoms with Gasteiger partial charge in [0, 0.05) is 0 Å². The molecule has 82 valence electrons. The Balaban J connectivity index is 2.66. The SMILES string of the molecule is CCCCOc1ccc(C=NN)cc1F. The Hall–Kier alpha value is -1.58. The van der Waals surface area contributed by atoms with E-state index in [0.29, 0.717) is 12.2 Å². The molecule has 4 heteroatoms. The highest BCUT2D eigenvalue weighted by Crippen LogP contribution is 2.17. The normalized spacial score (nSPS) is 10.8. The molecule has 0 saturated heterocycles. The second kappa shape index (κ2) is 6.01. The van der Waals surface area contributed by atoms with Crippen LogP contribution in [0.15, 0.2) is 23.3 Å². The molecule has 0 aliphatic carbocycles. The summed E-state index contributed by atoms with van der Waals surface area (Å²) < 4.78 is 18.6. The van der Waals surface area contributed by atoms with Gasteiger partial charge < -0.3 is 10.6 Å². The largest absolute Gasteiger partial charge is 0.491 e. The molecule has 1 aromatic rings. The van der Waals surface area contributed by atoms with Crippen LogP contribution < -0.4 is 10.6 Å². The van der Waals surface area contributed by atoms with Gasteiger partial charge in [-0.25, -0.2) is 4.39 Å². The zero-order chi connectivity index (χ0) is 11.1. The summed E-state index contributed by atoms with van der Waals surface area (Å²) in [6.07, 6.45) is 3.34. The highest BCUT2D eigenvalue weighted by Gasteiger charge is 2.03. The summed E-state index contributed by atoms with van der Waals surface area (Å²) >= 11 is 0. The van der Waals surface area contributed by atoms with Crippen molar-refractivity contribution in [3.05, 3.63) is 29.6 Å². The van der Waals surface area contributed by atoms with Crippen LogP contribution in [0.1, 0.15) is 25.3 Å². The van der Waals surface area contributed by atoms with Crippen LogP contribution >= 0.6 is 0 Å². The van der Waals surface area contributed by atoms with E-state index in [9.17, 15) is 4.39 Å². The minimum Gasteiger partial charge on any atom is -0.491 e. The van der Waals surface area contributed by atoms with E-state index in [1.54, 1.807) is 12.1 Å². The first-order valence-electron chi connectivity index (χ1n) is 4.93. The van der Waals surface area contributed by atoms with E-state index < -0.39 is 0 Å². The Bertz CT molecular complexity index is 339. The van der Waals surface area contributed by atoms with Crippen LogP contribution in [0.5, 0.6) is 5.75 Å². The minimum absolute atomic E-state index is 0.276. The zero-order valence-corrected chi connectivity index (χ0v) is 8.74. The molecule has 0 amide bonds. The Morgan fingerprint density at radius 2 is 2.33 bits per heavy atom. The number of hydrogen-bond acceptors (Lipinski definition) is 3. The molecule has 1 aromatic carbocycles. The molecular formula is C11H15FN2O. The van der Waals surface area contributed by atoms with Gasteiger partial charge in [-0.2, -0.15) is 5.10 Å². The molecule has 0 radical (unpaired) electrons. The standard InChI is InChI=1S/C11H15FN2O/c1-2-3-6-15-11-5-4-9(8-14-13)7-10(11)12/h4-5,7-8H,2-3,6,13H2,1H3. The molecule has 2 N–H and O–H groups in total. The predicted molar refractivity (Wildman–Crippen MR) is 58.6 cm³/mol. The third-order valence-electron chi connectivity index (χ3n) is 1.93. The molecule has 0 heterocycles. The van der Waals surface area contributed by atoms with E-state index in [-0.39, 0.29) is 11.6 Å². The predicted octanol–water partition coefficient (Wildman–Crippen LogP) is 2.30. The molecule has 0 spiro atoms. The van der Waals surface area contributed by atoms with E-state index in [0.717, 1.165) is 12.8 Å². The van der Waals surface area contributed by atoms with Crippen molar-refractivity contribution in [3.8, 4) is 5.75 Å². The highest BCUT2D eigenvalue weighted by atomic mass is 19.1. The molecular weight excluding hydrogens is 195 g/mol. The summed E-state index contributed by atoms with van der Waals surface area (Å²) in [7, 11) is 0. The van der Waals surface area contributed by atoms with E-state index >= 15 is 0 Å². The Morgan fingerprint density at radius 1 is 1.53 bits per heavy atom. The van der Waals surface area contributed by atoms with Crippen molar-refractivity contribution < 1.29 is 9.13 Å². The van der Waals surface area contributed by atoms with Crippen LogP contribution in [0, 0.1) is 5.82 Å². The smallest absolute Gasteiger partial charge is 0.165 e. The molecule has 0 bridgehead atoms. The third kappa shape index (κ3) is 3.58. The van der Waals surface area contributed by atoms with Gasteiger partial charge in [-0.3, -0.25) is 0 Å². The number of benzene rings is 1. The molecule has 0 fully saturated rings. The van der Waals surface area contributed by atoms with Gasteiger partial charge in [0.1, 0.15) is 0 Å². The number of hydrogen-bond donors (Lipinski definition) is 1. The molecule has 1 rings (SSSR count). The van der Waals surface area contributed by atoms with Gasteiger partial charge in [0.25, 0.3) is 0 Å². The quantitative estimate of drug-likeness (QED) is 0.351. The average Bonchev–Trinajstić information content (AvgIpc) is 2.22. The summed E-state index contributed by atoms with van der Waals surface area (Å²) in [5.74, 6) is 4.85. The van der Waals surface area contributed by atoms with E-state index in [1.807, 2.05) is 0 Å². The van der Waals surface area contributed by atoms with Crippen LogP contribution in [0.3, 0.4) is 0 Å². The maximum absolute atomic E-state index is 13.4. The number of rotatable bonds is 5. The number of hydrazone groups is 1. The van der Waals surface area contributed by atoms with Crippen LogP contribution in [0.25, 0.3) is 0 Å². The Kier molecular flexibility index (Phi) is 4.60. The van der Waals surface area contributed by atoms with Crippen molar-refractivity contribution in [2.75, 3.05) is 6.61 Å². The molecule has 3 nitrogen and oxygen atoms in total. The van der Waals surface area contributed by atoms with Gasteiger partial charge in [-0.15, -0.1) is 0 Å². The fourth-order valence-corrected chi connectivity index (χ4v) is 1.13. The Morgan fingerprint density at radius 3 is 2.93 bits per heavy atom. The number of nitrogens with two attached hydrogens (primary N) is 1. The first-order valence-corrected chi connectivity index (χ1v) is 4.93. The summed E-state index contributed by atoms with van der Waals surface area (Å²) in [6.45, 7) is 2.60. The monoisotopic (exact) mass is 210 g/mol. The third-order valence-corrected chi connectivity index (χ3v) is 1.93. The lowest BCUT2D eigenvalue weighted by Gasteiger charge is -2.06. The summed E-state index contributed by atoms with van der Waals surface area (Å²) in [6, 6.07) is 4.64. The molecule has 0 aliphatic heterocycles. The van der Waals surface area contributed by atoms with Crippen molar-refractivity contribution in [1.82, 2.24) is 0 Å². The molecule has 0 unspecified atom stereocenters. The average molecular weight is 210 g/mol. The van der Waals surface area contributed by atoms with Crippen molar-refractivity contribution in [1.29, 1.82) is 0 Å². The lowest BCUT2D eigenvalue weighted by atomic mass is 10.2. The minimum atomic E-state index is -0.386. The molecule has 0 aromatic heterocycles. The number of ether oxygens (including phenoxy) is 1. The Labute approximate surface area is 88.7 Å². The van der Waals surface area contributed by atoms with Gasteiger partial charge in [0.2, 0.25) is 0 Å². The van der Waals surface area contributed by atoms with Crippen LogP contribution in [0.2, 0.25) is 0 Å². The highest BCUT2D eigenvalue weighted by molar-refractivity contribution is 5.79. The van der Waals surface area contributed by atoms with E-state index in [1.165, 1.54) is 12.3 Å². The topological polar surface area (TPSA) is 47.6 Å². The number of unbranched alkanes of at least 4 members (excludes halogenated alkanes) is 1. The first kappa shape index (κ1) is 11.5.